The van der Waals surface area contributed by atoms with Gasteiger partial charge in [0.1, 0.15) is 6.33 Å². The number of aryl methyl sites for hydroxylation is 2. The van der Waals surface area contributed by atoms with E-state index in [4.69, 9.17) is 4.74 Å². The number of ether oxygens (including phenoxy) is 1. The number of rotatable bonds is 4. The van der Waals surface area contributed by atoms with E-state index in [-0.39, 0.29) is 5.97 Å². The van der Waals surface area contributed by atoms with Gasteiger partial charge in [-0.1, -0.05) is 25.1 Å². The fraction of sp³-hybridized carbons (Fsp3) is 0.333. The van der Waals surface area contributed by atoms with Gasteiger partial charge < -0.3 is 9.30 Å². The van der Waals surface area contributed by atoms with Crippen molar-refractivity contribution >= 4 is 5.97 Å². The van der Waals surface area contributed by atoms with Crippen LogP contribution < -0.4 is 0 Å². The van der Waals surface area contributed by atoms with Gasteiger partial charge in [0.15, 0.2) is 5.69 Å². The highest BCUT2D eigenvalue weighted by molar-refractivity contribution is 5.87. The van der Waals surface area contributed by atoms with Crippen molar-refractivity contribution in [1.82, 2.24) is 9.55 Å². The first kappa shape index (κ1) is 13.3. The zero-order valence-electron chi connectivity index (χ0n) is 11.5. The molecule has 0 amide bonds. The number of carbonyl (C=O) groups is 1. The molecule has 0 saturated carbocycles. The number of carbonyl (C=O) groups excluding carboxylic acids is 1. The summed E-state index contributed by atoms with van der Waals surface area (Å²) in [5, 5.41) is 0. The summed E-state index contributed by atoms with van der Waals surface area (Å²) >= 11 is 0. The molecule has 0 radical (unpaired) electrons. The van der Waals surface area contributed by atoms with Crippen LogP contribution in [0.2, 0.25) is 0 Å². The predicted octanol–water partition coefficient (Wildman–Crippen LogP) is 2.92. The highest BCUT2D eigenvalue weighted by Gasteiger charge is 2.13. The molecule has 0 aliphatic rings. The Kier molecular flexibility index (Phi) is 4.00. The average molecular weight is 258 g/mol. The minimum Gasteiger partial charge on any atom is -0.461 e. The Morgan fingerprint density at radius 2 is 2.16 bits per heavy atom. The molecule has 0 fully saturated rings. The first-order valence-corrected chi connectivity index (χ1v) is 6.47. The Hall–Kier alpha value is -2.10. The van der Waals surface area contributed by atoms with Gasteiger partial charge in [0, 0.05) is 6.20 Å². The van der Waals surface area contributed by atoms with Crippen molar-refractivity contribution in [2.24, 2.45) is 0 Å². The summed E-state index contributed by atoms with van der Waals surface area (Å²) in [4.78, 5) is 15.7. The Morgan fingerprint density at radius 1 is 1.37 bits per heavy atom. The second-order valence-electron chi connectivity index (χ2n) is 4.32. The smallest absolute Gasteiger partial charge is 0.358 e. The monoisotopic (exact) mass is 258 g/mol. The summed E-state index contributed by atoms with van der Waals surface area (Å²) in [6, 6.07) is 6.19. The van der Waals surface area contributed by atoms with Gasteiger partial charge in [-0.3, -0.25) is 0 Å². The molecule has 2 aromatic rings. The lowest BCUT2D eigenvalue weighted by Gasteiger charge is -2.11. The quantitative estimate of drug-likeness (QED) is 0.792. The number of hydrogen-bond donors (Lipinski definition) is 0. The summed E-state index contributed by atoms with van der Waals surface area (Å²) in [5.41, 5.74) is 3.82. The Balaban J connectivity index is 2.41. The van der Waals surface area contributed by atoms with Gasteiger partial charge >= 0.3 is 5.97 Å². The third-order valence-electron chi connectivity index (χ3n) is 3.03. The fourth-order valence-corrected chi connectivity index (χ4v) is 2.13. The molecule has 0 spiro atoms. The van der Waals surface area contributed by atoms with Crippen molar-refractivity contribution in [3.8, 4) is 5.69 Å². The molecule has 2 rings (SSSR count). The second kappa shape index (κ2) is 5.69. The summed E-state index contributed by atoms with van der Waals surface area (Å²) in [6.45, 7) is 6.31. The molecule has 4 nitrogen and oxygen atoms in total. The Morgan fingerprint density at radius 3 is 2.84 bits per heavy atom. The number of benzene rings is 1. The molecule has 0 atom stereocenters. The average Bonchev–Trinajstić information content (AvgIpc) is 2.88. The van der Waals surface area contributed by atoms with Crippen LogP contribution in [0.1, 0.15) is 35.5 Å². The number of hydrogen-bond acceptors (Lipinski definition) is 3. The predicted molar refractivity (Wildman–Crippen MR) is 73.6 cm³/mol. The van der Waals surface area contributed by atoms with Crippen molar-refractivity contribution in [3.63, 3.8) is 0 Å². The Labute approximate surface area is 113 Å². The van der Waals surface area contributed by atoms with E-state index in [1.54, 1.807) is 19.4 Å². The number of nitrogens with zero attached hydrogens (tertiary/aromatic N) is 2. The van der Waals surface area contributed by atoms with Gasteiger partial charge in [-0.05, 0) is 31.4 Å². The topological polar surface area (TPSA) is 44.1 Å². The first-order chi connectivity index (χ1) is 9.17. The highest BCUT2D eigenvalue weighted by atomic mass is 16.5. The molecular formula is C15H18N2O2. The molecular weight excluding hydrogens is 240 g/mol. The lowest BCUT2D eigenvalue weighted by atomic mass is 10.1. The molecule has 0 N–H and O–H groups in total. The second-order valence-corrected chi connectivity index (χ2v) is 4.32. The SMILES string of the molecule is CCOC(=O)c1cn(-c2c(C)cccc2CC)cn1. The minimum atomic E-state index is -0.382. The molecule has 1 heterocycles. The summed E-state index contributed by atoms with van der Waals surface area (Å²) < 4.78 is 6.84. The van der Waals surface area contributed by atoms with Crippen molar-refractivity contribution in [3.05, 3.63) is 47.5 Å². The molecule has 4 heteroatoms. The van der Waals surface area contributed by atoms with Crippen molar-refractivity contribution < 1.29 is 9.53 Å². The van der Waals surface area contributed by atoms with Gasteiger partial charge in [-0.15, -0.1) is 0 Å². The van der Waals surface area contributed by atoms with Gasteiger partial charge in [-0.25, -0.2) is 9.78 Å². The van der Waals surface area contributed by atoms with E-state index in [0.29, 0.717) is 12.3 Å². The molecule has 0 unspecified atom stereocenters. The third kappa shape index (κ3) is 2.67. The number of imidazole rings is 1. The first-order valence-electron chi connectivity index (χ1n) is 6.47. The van der Waals surface area contributed by atoms with E-state index >= 15 is 0 Å². The van der Waals surface area contributed by atoms with Crippen LogP contribution in [-0.2, 0) is 11.2 Å². The van der Waals surface area contributed by atoms with Gasteiger partial charge in [0.2, 0.25) is 0 Å². The Bertz CT molecular complexity index is 588. The lowest BCUT2D eigenvalue weighted by Crippen LogP contribution is -2.05. The highest BCUT2D eigenvalue weighted by Crippen LogP contribution is 2.20. The largest absolute Gasteiger partial charge is 0.461 e. The molecule has 19 heavy (non-hydrogen) atoms. The molecule has 0 bridgehead atoms. The molecule has 100 valence electrons. The summed E-state index contributed by atoms with van der Waals surface area (Å²) in [7, 11) is 0. The molecule has 1 aromatic heterocycles. The van der Waals surface area contributed by atoms with Gasteiger partial charge in [0.05, 0.1) is 12.3 Å². The molecule has 1 aromatic carbocycles. The standard InChI is InChI=1S/C15H18N2O2/c1-4-12-8-6-7-11(3)14(12)17-9-13(16-10-17)15(18)19-5-2/h6-10H,4-5H2,1-3H3. The van der Waals surface area contributed by atoms with E-state index in [2.05, 4.69) is 31.0 Å². The maximum Gasteiger partial charge on any atom is 0.358 e. The normalized spacial score (nSPS) is 10.5. The fourth-order valence-electron chi connectivity index (χ4n) is 2.13. The van der Waals surface area contributed by atoms with Crippen molar-refractivity contribution in [2.45, 2.75) is 27.2 Å². The van der Waals surface area contributed by atoms with Crippen LogP contribution in [0.3, 0.4) is 0 Å². The summed E-state index contributed by atoms with van der Waals surface area (Å²) in [5.74, 6) is -0.382. The lowest BCUT2D eigenvalue weighted by molar-refractivity contribution is 0.0520. The molecule has 0 saturated heterocycles. The van der Waals surface area contributed by atoms with Gasteiger partial charge in [0.25, 0.3) is 0 Å². The van der Waals surface area contributed by atoms with Crippen molar-refractivity contribution in [2.75, 3.05) is 6.61 Å². The molecule has 0 aliphatic carbocycles. The summed E-state index contributed by atoms with van der Waals surface area (Å²) in [6.07, 6.45) is 4.32. The number of para-hydroxylation sites is 1. The van der Waals surface area contributed by atoms with Crippen LogP contribution >= 0.6 is 0 Å². The van der Waals surface area contributed by atoms with Crippen LogP contribution in [0.5, 0.6) is 0 Å². The van der Waals surface area contributed by atoms with Crippen LogP contribution in [0.25, 0.3) is 5.69 Å². The zero-order chi connectivity index (χ0) is 13.8. The van der Waals surface area contributed by atoms with Crippen LogP contribution in [-0.4, -0.2) is 22.1 Å². The van der Waals surface area contributed by atoms with E-state index in [0.717, 1.165) is 17.7 Å². The number of esters is 1. The van der Waals surface area contributed by atoms with E-state index in [9.17, 15) is 4.79 Å². The van der Waals surface area contributed by atoms with E-state index < -0.39 is 0 Å². The van der Waals surface area contributed by atoms with E-state index in [1.165, 1.54) is 5.56 Å². The maximum atomic E-state index is 11.6. The maximum absolute atomic E-state index is 11.6. The van der Waals surface area contributed by atoms with Crippen LogP contribution in [0.4, 0.5) is 0 Å². The van der Waals surface area contributed by atoms with E-state index in [1.807, 2.05) is 10.6 Å². The number of aromatic nitrogens is 2. The van der Waals surface area contributed by atoms with Gasteiger partial charge in [-0.2, -0.15) is 0 Å². The van der Waals surface area contributed by atoms with Crippen LogP contribution in [0, 0.1) is 6.92 Å². The minimum absolute atomic E-state index is 0.340. The third-order valence-corrected chi connectivity index (χ3v) is 3.03. The van der Waals surface area contributed by atoms with Crippen molar-refractivity contribution in [1.29, 1.82) is 0 Å². The zero-order valence-corrected chi connectivity index (χ0v) is 11.5. The van der Waals surface area contributed by atoms with Crippen LogP contribution in [0.15, 0.2) is 30.7 Å². The molecule has 0 aliphatic heterocycles.